The van der Waals surface area contributed by atoms with Gasteiger partial charge in [-0.15, -0.1) is 0 Å². The minimum Gasteiger partial charge on any atom is -0.479 e. The van der Waals surface area contributed by atoms with Crippen molar-refractivity contribution in [3.63, 3.8) is 0 Å². The van der Waals surface area contributed by atoms with E-state index in [9.17, 15) is 14.7 Å². The Morgan fingerprint density at radius 2 is 2.10 bits per heavy atom. The van der Waals surface area contributed by atoms with Crippen LogP contribution in [0, 0.1) is 0 Å². The number of carboxylic acid groups (broad SMARTS) is 1. The number of amides is 2. The molecule has 0 spiro atoms. The van der Waals surface area contributed by atoms with Crippen LogP contribution >= 0.6 is 0 Å². The van der Waals surface area contributed by atoms with Gasteiger partial charge < -0.3 is 15.5 Å². The number of nitrogens with one attached hydrogen (secondary N) is 1. The highest BCUT2D eigenvalue weighted by Crippen LogP contribution is 2.30. The van der Waals surface area contributed by atoms with E-state index in [-0.39, 0.29) is 12.6 Å². The number of aryl methyl sites for hydroxylation is 1. The molecule has 2 unspecified atom stereocenters. The summed E-state index contributed by atoms with van der Waals surface area (Å²) in [4.78, 5) is 24.8. The highest BCUT2D eigenvalue weighted by molar-refractivity contribution is 5.94. The number of hydrogen-bond donors (Lipinski definition) is 3. The lowest BCUT2D eigenvalue weighted by Crippen LogP contribution is -2.53. The van der Waals surface area contributed by atoms with Gasteiger partial charge in [0.25, 0.3) is 0 Å². The first kappa shape index (κ1) is 15.3. The molecule has 6 heteroatoms. The van der Waals surface area contributed by atoms with Crippen LogP contribution in [0.15, 0.2) is 24.3 Å². The molecule has 2 amide bonds. The summed E-state index contributed by atoms with van der Waals surface area (Å²) in [6.45, 7) is 2.76. The quantitative estimate of drug-likeness (QED) is 0.785. The summed E-state index contributed by atoms with van der Waals surface area (Å²) in [5.74, 6) is -1.37. The number of nitrogens with zero attached hydrogens (tertiary/aromatic N) is 1. The van der Waals surface area contributed by atoms with Crippen molar-refractivity contribution < 1.29 is 19.8 Å². The Morgan fingerprint density at radius 1 is 1.43 bits per heavy atom. The van der Waals surface area contributed by atoms with Crippen LogP contribution < -0.4 is 10.2 Å². The molecule has 2 rings (SSSR count). The van der Waals surface area contributed by atoms with Gasteiger partial charge in [0.05, 0.1) is 6.54 Å². The van der Waals surface area contributed by atoms with Gasteiger partial charge in [-0.2, -0.15) is 0 Å². The van der Waals surface area contributed by atoms with E-state index >= 15 is 0 Å². The van der Waals surface area contributed by atoms with Gasteiger partial charge in [0.1, 0.15) is 0 Å². The number of carbonyl (C=O) groups excluding carboxylic acids is 1. The van der Waals surface area contributed by atoms with Crippen molar-refractivity contribution in [2.45, 2.75) is 38.3 Å². The number of aliphatic hydroxyl groups is 1. The monoisotopic (exact) mass is 292 g/mol. The van der Waals surface area contributed by atoms with Gasteiger partial charge in [-0.25, -0.2) is 9.59 Å². The maximum atomic E-state index is 12.4. The molecule has 0 saturated carbocycles. The lowest BCUT2D eigenvalue weighted by molar-refractivity contribution is -0.155. The summed E-state index contributed by atoms with van der Waals surface area (Å²) >= 11 is 0. The third-order valence-electron chi connectivity index (χ3n) is 3.79. The van der Waals surface area contributed by atoms with Crippen LogP contribution in [0.4, 0.5) is 10.5 Å². The predicted octanol–water partition coefficient (Wildman–Crippen LogP) is 1.37. The zero-order valence-electron chi connectivity index (χ0n) is 12.2. The molecule has 1 aromatic rings. The van der Waals surface area contributed by atoms with Crippen LogP contribution in [-0.4, -0.2) is 40.4 Å². The van der Waals surface area contributed by atoms with Crippen molar-refractivity contribution in [1.82, 2.24) is 5.32 Å². The third kappa shape index (κ3) is 3.16. The molecule has 1 aromatic carbocycles. The SMILES string of the molecule is CC1CCc2ccccc2N1C(=O)NCC(C)(O)C(=O)O. The summed E-state index contributed by atoms with van der Waals surface area (Å²) in [5.41, 5.74) is -0.0479. The molecule has 0 bridgehead atoms. The Morgan fingerprint density at radius 3 is 2.76 bits per heavy atom. The van der Waals surface area contributed by atoms with E-state index in [4.69, 9.17) is 5.11 Å². The Labute approximate surface area is 123 Å². The Kier molecular flexibility index (Phi) is 4.18. The number of aliphatic carboxylic acids is 1. The summed E-state index contributed by atoms with van der Waals surface area (Å²) in [7, 11) is 0. The van der Waals surface area contributed by atoms with Gasteiger partial charge in [0.2, 0.25) is 0 Å². The second kappa shape index (κ2) is 5.73. The Balaban J connectivity index is 2.14. The number of anilines is 1. The zero-order chi connectivity index (χ0) is 15.6. The van der Waals surface area contributed by atoms with Gasteiger partial charge in [0.15, 0.2) is 5.60 Å². The van der Waals surface area contributed by atoms with Gasteiger partial charge in [-0.05, 0) is 38.3 Å². The maximum absolute atomic E-state index is 12.4. The first-order chi connectivity index (χ1) is 9.83. The number of carbonyl (C=O) groups is 2. The summed E-state index contributed by atoms with van der Waals surface area (Å²) in [6, 6.07) is 7.28. The second-order valence-corrected chi connectivity index (χ2v) is 5.62. The maximum Gasteiger partial charge on any atom is 0.337 e. The normalized spacial score (nSPS) is 20.3. The predicted molar refractivity (Wildman–Crippen MR) is 78.4 cm³/mol. The van der Waals surface area contributed by atoms with E-state index in [2.05, 4.69) is 5.32 Å². The fourth-order valence-corrected chi connectivity index (χ4v) is 2.41. The lowest BCUT2D eigenvalue weighted by Gasteiger charge is -2.35. The fraction of sp³-hybridized carbons (Fsp3) is 0.467. The van der Waals surface area contributed by atoms with Crippen LogP contribution in [-0.2, 0) is 11.2 Å². The molecule has 3 N–H and O–H groups in total. The van der Waals surface area contributed by atoms with Crippen molar-refractivity contribution in [1.29, 1.82) is 0 Å². The molecule has 0 aromatic heterocycles. The largest absolute Gasteiger partial charge is 0.479 e. The Bertz CT molecular complexity index is 556. The summed E-state index contributed by atoms with van der Waals surface area (Å²) in [6.07, 6.45) is 1.76. The first-order valence-corrected chi connectivity index (χ1v) is 6.93. The zero-order valence-corrected chi connectivity index (χ0v) is 12.2. The van der Waals surface area contributed by atoms with Crippen molar-refractivity contribution in [2.24, 2.45) is 0 Å². The van der Waals surface area contributed by atoms with Crippen LogP contribution in [0.2, 0.25) is 0 Å². The minimum absolute atomic E-state index is 0.0228. The van der Waals surface area contributed by atoms with Gasteiger partial charge in [0, 0.05) is 11.7 Å². The highest BCUT2D eigenvalue weighted by atomic mass is 16.4. The van der Waals surface area contributed by atoms with E-state index in [1.807, 2.05) is 31.2 Å². The van der Waals surface area contributed by atoms with Crippen LogP contribution in [0.1, 0.15) is 25.8 Å². The van der Waals surface area contributed by atoms with E-state index in [1.54, 1.807) is 4.90 Å². The van der Waals surface area contributed by atoms with Gasteiger partial charge in [-0.1, -0.05) is 18.2 Å². The van der Waals surface area contributed by atoms with Crippen LogP contribution in [0.3, 0.4) is 0 Å². The summed E-state index contributed by atoms with van der Waals surface area (Å²) in [5, 5.41) is 21.0. The average Bonchev–Trinajstić information content (AvgIpc) is 2.44. The number of hydrogen-bond acceptors (Lipinski definition) is 3. The molecule has 0 fully saturated rings. The molecular formula is C15H20N2O4. The van der Waals surface area contributed by atoms with Crippen molar-refractivity contribution in [3.8, 4) is 0 Å². The topological polar surface area (TPSA) is 89.9 Å². The molecular weight excluding hydrogens is 272 g/mol. The number of carboxylic acids is 1. The lowest BCUT2D eigenvalue weighted by atomic mass is 9.97. The standard InChI is InChI=1S/C15H20N2O4/c1-10-7-8-11-5-3-4-6-12(11)17(10)14(20)16-9-15(2,21)13(18)19/h3-6,10,21H,7-9H2,1-2H3,(H,16,20)(H,18,19). The molecule has 1 aliphatic heterocycles. The number of fused-ring (bicyclic) bond motifs is 1. The molecule has 114 valence electrons. The van der Waals surface area contributed by atoms with Crippen molar-refractivity contribution in [3.05, 3.63) is 29.8 Å². The third-order valence-corrected chi connectivity index (χ3v) is 3.79. The van der Waals surface area contributed by atoms with E-state index in [0.717, 1.165) is 31.0 Å². The molecule has 0 radical (unpaired) electrons. The molecule has 6 nitrogen and oxygen atoms in total. The highest BCUT2D eigenvalue weighted by Gasteiger charge is 2.33. The minimum atomic E-state index is -1.98. The van der Waals surface area contributed by atoms with Crippen molar-refractivity contribution in [2.75, 3.05) is 11.4 Å². The second-order valence-electron chi connectivity index (χ2n) is 5.62. The summed E-state index contributed by atoms with van der Waals surface area (Å²) < 4.78 is 0. The van der Waals surface area contributed by atoms with E-state index in [0.29, 0.717) is 0 Å². The molecule has 21 heavy (non-hydrogen) atoms. The van der Waals surface area contributed by atoms with Crippen LogP contribution in [0.5, 0.6) is 0 Å². The number of rotatable bonds is 3. The van der Waals surface area contributed by atoms with E-state index < -0.39 is 17.6 Å². The molecule has 0 saturated heterocycles. The Hall–Kier alpha value is -2.08. The smallest absolute Gasteiger partial charge is 0.337 e. The molecule has 2 atom stereocenters. The number of benzene rings is 1. The molecule has 1 heterocycles. The number of urea groups is 1. The van der Waals surface area contributed by atoms with Crippen molar-refractivity contribution >= 4 is 17.7 Å². The van der Waals surface area contributed by atoms with Gasteiger partial charge >= 0.3 is 12.0 Å². The number of para-hydroxylation sites is 1. The fourth-order valence-electron chi connectivity index (χ4n) is 2.41. The van der Waals surface area contributed by atoms with Crippen LogP contribution in [0.25, 0.3) is 0 Å². The average molecular weight is 292 g/mol. The molecule has 1 aliphatic rings. The molecule has 0 aliphatic carbocycles. The van der Waals surface area contributed by atoms with Gasteiger partial charge in [-0.3, -0.25) is 4.90 Å². The van der Waals surface area contributed by atoms with E-state index in [1.165, 1.54) is 0 Å². The first-order valence-electron chi connectivity index (χ1n) is 6.93.